The topological polar surface area (TPSA) is 33.1 Å². The molecule has 94 valence electrons. The van der Waals surface area contributed by atoms with Gasteiger partial charge in [-0.1, -0.05) is 6.07 Å². The Labute approximate surface area is 104 Å². The van der Waals surface area contributed by atoms with Crippen LogP contribution in [0.3, 0.4) is 0 Å². The van der Waals surface area contributed by atoms with Gasteiger partial charge in [0, 0.05) is 11.8 Å². The third-order valence-electron chi connectivity index (χ3n) is 2.99. The third-order valence-corrected chi connectivity index (χ3v) is 2.99. The van der Waals surface area contributed by atoms with Gasteiger partial charge >= 0.3 is 0 Å². The second-order valence-corrected chi connectivity index (χ2v) is 4.43. The van der Waals surface area contributed by atoms with E-state index in [1.54, 1.807) is 13.0 Å². The maximum absolute atomic E-state index is 13.2. The van der Waals surface area contributed by atoms with Gasteiger partial charge in [-0.25, -0.2) is 8.78 Å². The highest BCUT2D eigenvalue weighted by Crippen LogP contribution is 2.29. The Bertz CT molecular complexity index is 582. The second-order valence-electron chi connectivity index (χ2n) is 4.43. The summed E-state index contributed by atoms with van der Waals surface area (Å²) in [6.45, 7) is 3.13. The molecular formula is C14H13F2NO. The molecule has 0 bridgehead atoms. The van der Waals surface area contributed by atoms with Crippen molar-refractivity contribution in [2.45, 2.75) is 19.4 Å². The van der Waals surface area contributed by atoms with E-state index in [1.165, 1.54) is 31.3 Å². The van der Waals surface area contributed by atoms with Gasteiger partial charge in [0.05, 0.1) is 6.20 Å². The molecule has 0 saturated heterocycles. The first-order valence-electron chi connectivity index (χ1n) is 5.51. The zero-order valence-corrected chi connectivity index (χ0v) is 10.1. The number of rotatable bonds is 2. The lowest BCUT2D eigenvalue weighted by atomic mass is 9.88. The second kappa shape index (κ2) is 4.46. The Morgan fingerprint density at radius 3 is 2.44 bits per heavy atom. The molecule has 1 aromatic carbocycles. The van der Waals surface area contributed by atoms with Crippen molar-refractivity contribution in [2.24, 2.45) is 0 Å². The van der Waals surface area contributed by atoms with Crippen LogP contribution in [0.15, 0.2) is 36.7 Å². The highest BCUT2D eigenvalue weighted by Gasteiger charge is 2.26. The zero-order valence-electron chi connectivity index (χ0n) is 10.1. The highest BCUT2D eigenvalue weighted by atomic mass is 19.1. The van der Waals surface area contributed by atoms with E-state index in [0.717, 1.165) is 6.20 Å². The van der Waals surface area contributed by atoms with Crippen LogP contribution in [0.2, 0.25) is 0 Å². The fourth-order valence-electron chi connectivity index (χ4n) is 1.79. The number of pyridine rings is 1. The van der Waals surface area contributed by atoms with Gasteiger partial charge in [-0.15, -0.1) is 0 Å². The maximum Gasteiger partial charge on any atom is 0.141 e. The molecular weight excluding hydrogens is 236 g/mol. The monoisotopic (exact) mass is 249 g/mol. The standard InChI is InChI=1S/C14H13F2NO/c1-9-5-10(3-4-13(9)16)14(2,18)11-6-12(15)8-17-7-11/h3-8,18H,1-2H3. The first-order chi connectivity index (χ1) is 8.41. The zero-order chi connectivity index (χ0) is 13.3. The van der Waals surface area contributed by atoms with Gasteiger partial charge in [-0.05, 0) is 43.2 Å². The van der Waals surface area contributed by atoms with E-state index in [9.17, 15) is 13.9 Å². The van der Waals surface area contributed by atoms with Crippen LogP contribution in [0.1, 0.15) is 23.6 Å². The minimum absolute atomic E-state index is 0.327. The summed E-state index contributed by atoms with van der Waals surface area (Å²) in [7, 11) is 0. The van der Waals surface area contributed by atoms with Crippen molar-refractivity contribution in [3.8, 4) is 0 Å². The minimum atomic E-state index is -1.41. The minimum Gasteiger partial charge on any atom is -0.381 e. The quantitative estimate of drug-likeness (QED) is 0.887. The summed E-state index contributed by atoms with van der Waals surface area (Å²) >= 11 is 0. The van der Waals surface area contributed by atoms with Crippen LogP contribution in [0, 0.1) is 18.6 Å². The van der Waals surface area contributed by atoms with E-state index >= 15 is 0 Å². The predicted octanol–water partition coefficient (Wildman–Crippen LogP) is 2.92. The molecule has 2 rings (SSSR count). The molecule has 4 heteroatoms. The van der Waals surface area contributed by atoms with E-state index in [0.29, 0.717) is 16.7 Å². The first-order valence-corrected chi connectivity index (χ1v) is 5.51. The molecule has 2 nitrogen and oxygen atoms in total. The van der Waals surface area contributed by atoms with Gasteiger partial charge in [-0.3, -0.25) is 4.98 Å². The summed E-state index contributed by atoms with van der Waals surface area (Å²) in [4.78, 5) is 3.71. The highest BCUT2D eigenvalue weighted by molar-refractivity contribution is 5.36. The number of hydrogen-bond donors (Lipinski definition) is 1. The molecule has 1 N–H and O–H groups in total. The number of aromatic nitrogens is 1. The summed E-state index contributed by atoms with van der Waals surface area (Å²) in [6.07, 6.45) is 2.46. The number of halogens is 2. The Kier molecular flexibility index (Phi) is 3.13. The average molecular weight is 249 g/mol. The molecule has 1 aromatic heterocycles. The van der Waals surface area contributed by atoms with Gasteiger partial charge in [0.2, 0.25) is 0 Å². The van der Waals surface area contributed by atoms with E-state index < -0.39 is 11.4 Å². The Balaban J connectivity index is 2.50. The van der Waals surface area contributed by atoms with Crippen LogP contribution in [0.25, 0.3) is 0 Å². The van der Waals surface area contributed by atoms with Gasteiger partial charge in [0.15, 0.2) is 0 Å². The van der Waals surface area contributed by atoms with Crippen LogP contribution in [0.5, 0.6) is 0 Å². The van der Waals surface area contributed by atoms with Gasteiger partial charge in [0.1, 0.15) is 17.2 Å². The molecule has 0 aliphatic rings. The van der Waals surface area contributed by atoms with Gasteiger partial charge in [0.25, 0.3) is 0 Å². The van der Waals surface area contributed by atoms with Crippen molar-refractivity contribution in [2.75, 3.05) is 0 Å². The van der Waals surface area contributed by atoms with Crippen molar-refractivity contribution >= 4 is 0 Å². The molecule has 1 atom stereocenters. The lowest BCUT2D eigenvalue weighted by Crippen LogP contribution is -2.23. The summed E-state index contributed by atoms with van der Waals surface area (Å²) in [6, 6.07) is 5.52. The molecule has 0 saturated carbocycles. The first kappa shape index (κ1) is 12.6. The van der Waals surface area contributed by atoms with Crippen molar-refractivity contribution < 1.29 is 13.9 Å². The smallest absolute Gasteiger partial charge is 0.141 e. The number of nitrogens with zero attached hydrogens (tertiary/aromatic N) is 1. The Hall–Kier alpha value is -1.81. The van der Waals surface area contributed by atoms with Crippen LogP contribution in [-0.2, 0) is 5.60 Å². The lowest BCUT2D eigenvalue weighted by molar-refractivity contribution is 0.101. The summed E-state index contributed by atoms with van der Waals surface area (Å²) in [5, 5.41) is 10.5. The van der Waals surface area contributed by atoms with Crippen molar-refractivity contribution in [3.05, 3.63) is 65.0 Å². The van der Waals surface area contributed by atoms with Crippen LogP contribution >= 0.6 is 0 Å². The van der Waals surface area contributed by atoms with E-state index in [1.807, 2.05) is 0 Å². The Morgan fingerprint density at radius 1 is 1.11 bits per heavy atom. The molecule has 0 radical (unpaired) electrons. The van der Waals surface area contributed by atoms with E-state index in [-0.39, 0.29) is 5.82 Å². The van der Waals surface area contributed by atoms with Gasteiger partial charge in [-0.2, -0.15) is 0 Å². The molecule has 1 unspecified atom stereocenters. The molecule has 18 heavy (non-hydrogen) atoms. The third kappa shape index (κ3) is 2.24. The fourth-order valence-corrected chi connectivity index (χ4v) is 1.79. The molecule has 1 heterocycles. The summed E-state index contributed by atoms with van der Waals surface area (Å²) < 4.78 is 26.3. The molecule has 2 aromatic rings. The van der Waals surface area contributed by atoms with Crippen LogP contribution in [-0.4, -0.2) is 10.1 Å². The average Bonchev–Trinajstić information content (AvgIpc) is 2.32. The normalized spacial score (nSPS) is 14.3. The summed E-state index contributed by atoms with van der Waals surface area (Å²) in [5.41, 5.74) is -0.160. The van der Waals surface area contributed by atoms with Crippen LogP contribution in [0.4, 0.5) is 8.78 Å². The van der Waals surface area contributed by atoms with E-state index in [4.69, 9.17) is 0 Å². The summed E-state index contributed by atoms with van der Waals surface area (Å²) in [5.74, 6) is -0.862. The number of hydrogen-bond acceptors (Lipinski definition) is 2. The Morgan fingerprint density at radius 2 is 1.83 bits per heavy atom. The molecule has 0 amide bonds. The molecule has 0 fully saturated rings. The molecule has 0 aliphatic heterocycles. The maximum atomic E-state index is 13.2. The number of aliphatic hydroxyl groups is 1. The number of benzene rings is 1. The largest absolute Gasteiger partial charge is 0.381 e. The van der Waals surface area contributed by atoms with E-state index in [2.05, 4.69) is 4.98 Å². The molecule has 0 aliphatic carbocycles. The van der Waals surface area contributed by atoms with Crippen LogP contribution < -0.4 is 0 Å². The van der Waals surface area contributed by atoms with Crippen molar-refractivity contribution in [1.82, 2.24) is 4.98 Å². The van der Waals surface area contributed by atoms with Crippen molar-refractivity contribution in [1.29, 1.82) is 0 Å². The van der Waals surface area contributed by atoms with Gasteiger partial charge < -0.3 is 5.11 Å². The predicted molar refractivity (Wildman–Crippen MR) is 64.0 cm³/mol. The number of aryl methyl sites for hydroxylation is 1. The molecule has 0 spiro atoms. The lowest BCUT2D eigenvalue weighted by Gasteiger charge is -2.24. The SMILES string of the molecule is Cc1cc(C(C)(O)c2cncc(F)c2)ccc1F. The fraction of sp³-hybridized carbons (Fsp3) is 0.214. The van der Waals surface area contributed by atoms with Crippen molar-refractivity contribution in [3.63, 3.8) is 0 Å².